The summed E-state index contributed by atoms with van der Waals surface area (Å²) in [6, 6.07) is 5.04. The van der Waals surface area contributed by atoms with Crippen LogP contribution in [0, 0.1) is 0 Å². The van der Waals surface area contributed by atoms with Crippen LogP contribution in [0.15, 0.2) is 22.7 Å². The van der Waals surface area contributed by atoms with Gasteiger partial charge in [-0.05, 0) is 34.5 Å². The highest BCUT2D eigenvalue weighted by Gasteiger charge is 2.36. The number of carbonyl (C=O) groups excluding carboxylic acids is 2. The van der Waals surface area contributed by atoms with Crippen LogP contribution in [0.2, 0.25) is 0 Å². The maximum atomic E-state index is 11.9. The summed E-state index contributed by atoms with van der Waals surface area (Å²) in [6.07, 6.45) is 0.315. The Morgan fingerprint density at radius 1 is 1.25 bits per heavy atom. The number of sulfone groups is 1. The van der Waals surface area contributed by atoms with E-state index in [1.165, 1.54) is 4.90 Å². The van der Waals surface area contributed by atoms with Gasteiger partial charge in [0.15, 0.2) is 0 Å². The summed E-state index contributed by atoms with van der Waals surface area (Å²) >= 11 is 3.32. The van der Waals surface area contributed by atoms with Gasteiger partial charge >= 0.3 is 0 Å². The number of anilines is 1. The first-order valence-corrected chi connectivity index (χ1v) is 8.84. The van der Waals surface area contributed by atoms with E-state index in [0.29, 0.717) is 22.1 Å². The maximum Gasteiger partial charge on any atom is 0.299 e. The molecule has 0 aliphatic carbocycles. The number of fused-ring (bicyclic) bond motifs is 1. The number of halogens is 1. The zero-order valence-corrected chi connectivity index (χ0v) is 13.3. The molecule has 108 valence electrons. The lowest BCUT2D eigenvalue weighted by Crippen LogP contribution is -2.32. The number of Topliss-reactive ketones (excluding diaryl/α,β-unsaturated/α-hetero) is 1. The molecule has 0 saturated heterocycles. The summed E-state index contributed by atoms with van der Waals surface area (Å²) in [4.78, 5) is 25.1. The van der Waals surface area contributed by atoms with Gasteiger partial charge in [-0.2, -0.15) is 0 Å². The summed E-state index contributed by atoms with van der Waals surface area (Å²) in [7, 11) is -3.06. The number of ketones is 1. The molecule has 20 heavy (non-hydrogen) atoms. The van der Waals surface area contributed by atoms with Crippen molar-refractivity contribution in [2.75, 3.05) is 23.0 Å². The second-order valence-corrected chi connectivity index (χ2v) is 7.84. The molecule has 1 aromatic rings. The Hall–Kier alpha value is -1.21. The molecule has 0 bridgehead atoms. The van der Waals surface area contributed by atoms with Crippen LogP contribution in [0.3, 0.4) is 0 Å². The number of nitrogens with zero attached hydrogens (tertiary/aromatic N) is 1. The van der Waals surface area contributed by atoms with E-state index in [1.807, 2.05) is 0 Å². The van der Waals surface area contributed by atoms with Crippen LogP contribution in [0.4, 0.5) is 5.69 Å². The molecule has 0 spiro atoms. The predicted molar refractivity (Wildman–Crippen MR) is 79.8 cm³/mol. The number of amides is 1. The van der Waals surface area contributed by atoms with E-state index < -0.39 is 21.5 Å². The smallest absolute Gasteiger partial charge is 0.299 e. The van der Waals surface area contributed by atoms with Crippen molar-refractivity contribution in [3.05, 3.63) is 28.2 Å². The molecule has 1 heterocycles. The van der Waals surface area contributed by atoms with Gasteiger partial charge < -0.3 is 4.90 Å². The molecule has 1 amide bonds. The quantitative estimate of drug-likeness (QED) is 0.751. The van der Waals surface area contributed by atoms with E-state index in [-0.39, 0.29) is 18.1 Å². The highest BCUT2D eigenvalue weighted by molar-refractivity contribution is 9.10. The Morgan fingerprint density at radius 2 is 1.95 bits per heavy atom. The van der Waals surface area contributed by atoms with Crippen LogP contribution in [-0.2, 0) is 14.6 Å². The van der Waals surface area contributed by atoms with Crippen LogP contribution in [0.1, 0.15) is 23.7 Å². The van der Waals surface area contributed by atoms with Crippen molar-refractivity contribution in [3.63, 3.8) is 0 Å². The molecule has 0 N–H and O–H groups in total. The Balaban J connectivity index is 2.18. The third-order valence-electron chi connectivity index (χ3n) is 3.22. The fourth-order valence-corrected chi connectivity index (χ4v) is 3.55. The first kappa shape index (κ1) is 15.2. The monoisotopic (exact) mass is 359 g/mol. The molecule has 0 unspecified atom stereocenters. The summed E-state index contributed by atoms with van der Waals surface area (Å²) in [6.45, 7) is 1.81. The van der Waals surface area contributed by atoms with Gasteiger partial charge in [-0.15, -0.1) is 0 Å². The largest absolute Gasteiger partial charge is 0.304 e. The van der Waals surface area contributed by atoms with Gasteiger partial charge in [0, 0.05) is 16.8 Å². The van der Waals surface area contributed by atoms with Crippen LogP contribution in [-0.4, -0.2) is 38.2 Å². The Morgan fingerprint density at radius 3 is 2.60 bits per heavy atom. The molecule has 1 aliphatic heterocycles. The molecular formula is C13H14BrNO4S. The van der Waals surface area contributed by atoms with Crippen molar-refractivity contribution < 1.29 is 18.0 Å². The third-order valence-corrected chi connectivity index (χ3v) is 5.65. The standard InChI is InChI=1S/C13H14BrNO4S/c1-2-20(18,19)8-4-7-15-11-9(12(16)13(15)17)5-3-6-10(11)14/h3,5-6H,2,4,7-8H2,1H3. The molecule has 7 heteroatoms. The Labute approximate surface area is 126 Å². The third kappa shape index (κ3) is 2.78. The highest BCUT2D eigenvalue weighted by atomic mass is 79.9. The second kappa shape index (κ2) is 5.65. The minimum Gasteiger partial charge on any atom is -0.304 e. The van der Waals surface area contributed by atoms with Gasteiger partial charge in [0.2, 0.25) is 0 Å². The van der Waals surface area contributed by atoms with Crippen molar-refractivity contribution in [3.8, 4) is 0 Å². The van der Waals surface area contributed by atoms with Crippen molar-refractivity contribution >= 4 is 43.1 Å². The molecule has 1 aliphatic rings. The SMILES string of the molecule is CCS(=O)(=O)CCCN1C(=O)C(=O)c2cccc(Br)c21. The summed E-state index contributed by atoms with van der Waals surface area (Å²) < 4.78 is 23.6. The zero-order chi connectivity index (χ0) is 14.9. The van der Waals surface area contributed by atoms with E-state index >= 15 is 0 Å². The highest BCUT2D eigenvalue weighted by Crippen LogP contribution is 2.35. The number of hydrogen-bond donors (Lipinski definition) is 0. The van der Waals surface area contributed by atoms with Gasteiger partial charge in [-0.1, -0.05) is 13.0 Å². The fourth-order valence-electron chi connectivity index (χ4n) is 2.11. The molecule has 0 atom stereocenters. The van der Waals surface area contributed by atoms with Gasteiger partial charge in [0.1, 0.15) is 9.84 Å². The Kier molecular flexibility index (Phi) is 4.29. The molecular weight excluding hydrogens is 346 g/mol. The first-order valence-electron chi connectivity index (χ1n) is 6.22. The number of rotatable bonds is 5. The first-order chi connectivity index (χ1) is 9.37. The van der Waals surface area contributed by atoms with Crippen LogP contribution >= 0.6 is 15.9 Å². The van der Waals surface area contributed by atoms with Crippen molar-refractivity contribution in [2.24, 2.45) is 0 Å². The van der Waals surface area contributed by atoms with E-state index in [0.717, 1.165) is 0 Å². The average molecular weight is 360 g/mol. The van der Waals surface area contributed by atoms with E-state index in [9.17, 15) is 18.0 Å². The van der Waals surface area contributed by atoms with E-state index in [2.05, 4.69) is 15.9 Å². The molecule has 2 rings (SSSR count). The lowest BCUT2D eigenvalue weighted by molar-refractivity contribution is -0.114. The molecule has 0 saturated carbocycles. The van der Waals surface area contributed by atoms with Crippen molar-refractivity contribution in [1.29, 1.82) is 0 Å². The van der Waals surface area contributed by atoms with E-state index in [4.69, 9.17) is 0 Å². The summed E-state index contributed by atoms with van der Waals surface area (Å²) in [5.74, 6) is -1.04. The average Bonchev–Trinajstić information content (AvgIpc) is 2.65. The van der Waals surface area contributed by atoms with Gasteiger partial charge in [-0.25, -0.2) is 8.42 Å². The molecule has 1 aromatic carbocycles. The predicted octanol–water partition coefficient (Wildman–Crippen LogP) is 1.80. The molecule has 5 nitrogen and oxygen atoms in total. The number of carbonyl (C=O) groups is 2. The zero-order valence-electron chi connectivity index (χ0n) is 10.9. The fraction of sp³-hybridized carbons (Fsp3) is 0.385. The minimum atomic E-state index is -3.06. The van der Waals surface area contributed by atoms with Gasteiger partial charge in [0.25, 0.3) is 11.7 Å². The summed E-state index contributed by atoms with van der Waals surface area (Å²) in [5.41, 5.74) is 0.902. The second-order valence-electron chi connectivity index (χ2n) is 4.51. The van der Waals surface area contributed by atoms with Crippen LogP contribution in [0.25, 0.3) is 0 Å². The topological polar surface area (TPSA) is 71.5 Å². The van der Waals surface area contributed by atoms with Gasteiger partial charge in [0.05, 0.1) is 17.0 Å². The number of hydrogen-bond acceptors (Lipinski definition) is 4. The maximum absolute atomic E-state index is 11.9. The van der Waals surface area contributed by atoms with Crippen molar-refractivity contribution in [1.82, 2.24) is 0 Å². The van der Waals surface area contributed by atoms with Gasteiger partial charge in [-0.3, -0.25) is 9.59 Å². The molecule has 0 radical (unpaired) electrons. The minimum absolute atomic E-state index is 0.0151. The molecule has 0 aromatic heterocycles. The summed E-state index contributed by atoms with van der Waals surface area (Å²) in [5, 5.41) is 0. The number of para-hydroxylation sites is 1. The van der Waals surface area contributed by atoms with Crippen molar-refractivity contribution in [2.45, 2.75) is 13.3 Å². The lowest BCUT2D eigenvalue weighted by Gasteiger charge is -2.17. The lowest BCUT2D eigenvalue weighted by atomic mass is 10.1. The van der Waals surface area contributed by atoms with Crippen LogP contribution in [0.5, 0.6) is 0 Å². The number of benzene rings is 1. The molecule has 0 fully saturated rings. The normalized spacial score (nSPS) is 14.8. The van der Waals surface area contributed by atoms with E-state index in [1.54, 1.807) is 25.1 Å². The van der Waals surface area contributed by atoms with Crippen LogP contribution < -0.4 is 4.90 Å². The Bertz CT molecular complexity index is 669.